The van der Waals surface area contributed by atoms with Crippen LogP contribution in [0.1, 0.15) is 18.5 Å². The van der Waals surface area contributed by atoms with Crippen LogP contribution in [0.15, 0.2) is 18.2 Å². The van der Waals surface area contributed by atoms with Gasteiger partial charge in [0.1, 0.15) is 5.75 Å². The van der Waals surface area contributed by atoms with Crippen LogP contribution < -0.4 is 10.5 Å². The van der Waals surface area contributed by atoms with Gasteiger partial charge in [-0.2, -0.15) is 0 Å². The lowest BCUT2D eigenvalue weighted by Gasteiger charge is -2.29. The fourth-order valence-corrected chi connectivity index (χ4v) is 2.15. The Bertz CT molecular complexity index is 345. The molecule has 2 unspecified atom stereocenters. The Hall–Kier alpha value is -0.770. The van der Waals surface area contributed by atoms with Crippen LogP contribution in [0, 0.1) is 0 Å². The number of hydrogen-bond acceptors (Lipinski definition) is 3. The van der Waals surface area contributed by atoms with Crippen molar-refractivity contribution in [1.29, 1.82) is 0 Å². The van der Waals surface area contributed by atoms with Gasteiger partial charge in [0.25, 0.3) is 0 Å². The number of methoxy groups -OCH3 is 1. The van der Waals surface area contributed by atoms with Crippen LogP contribution in [0.3, 0.4) is 0 Å². The molecule has 0 bridgehead atoms. The molecule has 0 saturated carbocycles. The van der Waals surface area contributed by atoms with Crippen molar-refractivity contribution in [2.24, 2.45) is 5.73 Å². The van der Waals surface area contributed by atoms with Crippen LogP contribution in [-0.4, -0.2) is 32.1 Å². The SMILES string of the molecule is COc1ccc(Cl)cc1C(C(C)N)N(C)C. The highest BCUT2D eigenvalue weighted by molar-refractivity contribution is 6.30. The van der Waals surface area contributed by atoms with E-state index in [4.69, 9.17) is 22.1 Å². The first kappa shape index (κ1) is 13.3. The Balaban J connectivity index is 3.21. The molecule has 0 aliphatic heterocycles. The molecular weight excluding hydrogens is 224 g/mol. The van der Waals surface area contributed by atoms with Gasteiger partial charge in [-0.15, -0.1) is 0 Å². The third-order valence-electron chi connectivity index (χ3n) is 2.56. The number of benzene rings is 1. The molecule has 0 aliphatic carbocycles. The number of halogens is 1. The molecule has 0 heterocycles. The second-order valence-corrected chi connectivity index (χ2v) is 4.59. The van der Waals surface area contributed by atoms with E-state index in [9.17, 15) is 0 Å². The zero-order chi connectivity index (χ0) is 12.3. The maximum atomic E-state index is 6.01. The number of rotatable bonds is 4. The molecule has 0 aromatic heterocycles. The highest BCUT2D eigenvalue weighted by Crippen LogP contribution is 2.32. The predicted octanol–water partition coefficient (Wildman–Crippen LogP) is 2.30. The standard InChI is InChI=1S/C12H19ClN2O/c1-8(14)12(15(2)3)10-7-9(13)5-6-11(10)16-4/h5-8,12H,14H2,1-4H3. The summed E-state index contributed by atoms with van der Waals surface area (Å²) in [5, 5.41) is 0.698. The Morgan fingerprint density at radius 3 is 2.44 bits per heavy atom. The zero-order valence-electron chi connectivity index (χ0n) is 10.2. The predicted molar refractivity (Wildman–Crippen MR) is 68.1 cm³/mol. The van der Waals surface area contributed by atoms with E-state index in [0.717, 1.165) is 11.3 Å². The van der Waals surface area contributed by atoms with E-state index in [0.29, 0.717) is 5.02 Å². The summed E-state index contributed by atoms with van der Waals surface area (Å²) in [5.41, 5.74) is 7.03. The van der Waals surface area contributed by atoms with Crippen molar-refractivity contribution in [3.63, 3.8) is 0 Å². The fraction of sp³-hybridized carbons (Fsp3) is 0.500. The molecule has 0 aliphatic rings. The van der Waals surface area contributed by atoms with Crippen molar-refractivity contribution in [2.45, 2.75) is 19.0 Å². The molecule has 3 nitrogen and oxygen atoms in total. The van der Waals surface area contributed by atoms with Crippen LogP contribution >= 0.6 is 11.6 Å². The van der Waals surface area contributed by atoms with Crippen molar-refractivity contribution in [2.75, 3.05) is 21.2 Å². The summed E-state index contributed by atoms with van der Waals surface area (Å²) < 4.78 is 5.34. The van der Waals surface area contributed by atoms with Gasteiger partial charge in [0.2, 0.25) is 0 Å². The molecule has 1 aromatic carbocycles. The zero-order valence-corrected chi connectivity index (χ0v) is 11.0. The molecule has 0 saturated heterocycles. The van der Waals surface area contributed by atoms with Crippen LogP contribution in [-0.2, 0) is 0 Å². The van der Waals surface area contributed by atoms with Crippen molar-refractivity contribution in [3.8, 4) is 5.75 Å². The first-order valence-corrected chi connectivity index (χ1v) is 5.60. The van der Waals surface area contributed by atoms with Gasteiger partial charge in [-0.05, 0) is 39.2 Å². The lowest BCUT2D eigenvalue weighted by molar-refractivity contribution is 0.258. The minimum atomic E-state index is 0.00219. The lowest BCUT2D eigenvalue weighted by Crippen LogP contribution is -2.35. The van der Waals surface area contributed by atoms with E-state index in [1.54, 1.807) is 7.11 Å². The smallest absolute Gasteiger partial charge is 0.123 e. The molecule has 0 radical (unpaired) electrons. The van der Waals surface area contributed by atoms with Crippen molar-refractivity contribution >= 4 is 11.6 Å². The average Bonchev–Trinajstić information content (AvgIpc) is 2.17. The highest BCUT2D eigenvalue weighted by atomic mass is 35.5. The van der Waals surface area contributed by atoms with Crippen molar-refractivity contribution < 1.29 is 4.74 Å². The maximum absolute atomic E-state index is 6.01. The Morgan fingerprint density at radius 2 is 2.00 bits per heavy atom. The number of likely N-dealkylation sites (N-methyl/N-ethyl adjacent to an activating group) is 1. The third-order valence-corrected chi connectivity index (χ3v) is 2.80. The van der Waals surface area contributed by atoms with E-state index < -0.39 is 0 Å². The number of nitrogens with zero attached hydrogens (tertiary/aromatic N) is 1. The van der Waals surface area contributed by atoms with Gasteiger partial charge in [0.15, 0.2) is 0 Å². The topological polar surface area (TPSA) is 38.5 Å². The summed E-state index contributed by atoms with van der Waals surface area (Å²) in [4.78, 5) is 2.07. The Kier molecular flexibility index (Phi) is 4.59. The van der Waals surface area contributed by atoms with E-state index in [1.165, 1.54) is 0 Å². The van der Waals surface area contributed by atoms with Gasteiger partial charge in [-0.3, -0.25) is 0 Å². The second kappa shape index (κ2) is 5.53. The molecule has 2 atom stereocenters. The molecular formula is C12H19ClN2O. The summed E-state index contributed by atoms with van der Waals surface area (Å²) in [5.74, 6) is 0.820. The van der Waals surface area contributed by atoms with Crippen molar-refractivity contribution in [3.05, 3.63) is 28.8 Å². The Morgan fingerprint density at radius 1 is 1.38 bits per heavy atom. The summed E-state index contributed by atoms with van der Waals surface area (Å²) >= 11 is 6.01. The molecule has 0 spiro atoms. The van der Waals surface area contributed by atoms with E-state index >= 15 is 0 Å². The molecule has 1 rings (SSSR count). The molecule has 1 aromatic rings. The van der Waals surface area contributed by atoms with Gasteiger partial charge in [0.05, 0.1) is 13.2 Å². The first-order valence-electron chi connectivity index (χ1n) is 5.22. The van der Waals surface area contributed by atoms with E-state index in [1.807, 2.05) is 39.2 Å². The summed E-state index contributed by atoms with van der Waals surface area (Å²) in [7, 11) is 5.64. The fourth-order valence-electron chi connectivity index (χ4n) is 1.97. The first-order chi connectivity index (χ1) is 7.47. The largest absolute Gasteiger partial charge is 0.496 e. The minimum Gasteiger partial charge on any atom is -0.496 e. The van der Waals surface area contributed by atoms with Crippen LogP contribution in [0.4, 0.5) is 0 Å². The van der Waals surface area contributed by atoms with Gasteiger partial charge in [-0.1, -0.05) is 11.6 Å². The second-order valence-electron chi connectivity index (χ2n) is 4.15. The quantitative estimate of drug-likeness (QED) is 0.881. The number of nitrogens with two attached hydrogens (primary N) is 1. The lowest BCUT2D eigenvalue weighted by atomic mass is 9.99. The van der Waals surface area contributed by atoms with E-state index in [-0.39, 0.29) is 12.1 Å². The number of hydrogen-bond donors (Lipinski definition) is 1. The molecule has 2 N–H and O–H groups in total. The van der Waals surface area contributed by atoms with Gasteiger partial charge in [-0.25, -0.2) is 0 Å². The van der Waals surface area contributed by atoms with Gasteiger partial charge in [0, 0.05) is 16.6 Å². The third kappa shape index (κ3) is 2.88. The normalized spacial score (nSPS) is 14.9. The van der Waals surface area contributed by atoms with Crippen molar-refractivity contribution in [1.82, 2.24) is 4.90 Å². The average molecular weight is 243 g/mol. The van der Waals surface area contributed by atoms with Crippen LogP contribution in [0.5, 0.6) is 5.75 Å². The molecule has 16 heavy (non-hydrogen) atoms. The maximum Gasteiger partial charge on any atom is 0.123 e. The van der Waals surface area contributed by atoms with Crippen LogP contribution in [0.25, 0.3) is 0 Å². The monoisotopic (exact) mass is 242 g/mol. The molecule has 0 amide bonds. The molecule has 4 heteroatoms. The minimum absolute atomic E-state index is 0.00219. The summed E-state index contributed by atoms with van der Waals surface area (Å²) in [6.45, 7) is 1.98. The number of ether oxygens (including phenoxy) is 1. The summed E-state index contributed by atoms with van der Waals surface area (Å²) in [6.07, 6.45) is 0. The highest BCUT2D eigenvalue weighted by Gasteiger charge is 2.22. The summed E-state index contributed by atoms with van der Waals surface area (Å²) in [6, 6.07) is 5.69. The molecule has 90 valence electrons. The Labute approximate surface area is 102 Å². The van der Waals surface area contributed by atoms with Gasteiger partial charge < -0.3 is 15.4 Å². The molecule has 0 fully saturated rings. The van der Waals surface area contributed by atoms with Crippen LogP contribution in [0.2, 0.25) is 5.02 Å². The van der Waals surface area contributed by atoms with Gasteiger partial charge >= 0.3 is 0 Å². The van der Waals surface area contributed by atoms with E-state index in [2.05, 4.69) is 4.90 Å².